The topological polar surface area (TPSA) is 24.9 Å². The van der Waals surface area contributed by atoms with Gasteiger partial charge in [0.1, 0.15) is 0 Å². The van der Waals surface area contributed by atoms with Crippen molar-refractivity contribution in [2.24, 2.45) is 0 Å². The van der Waals surface area contributed by atoms with Crippen LogP contribution in [0, 0.1) is 0 Å². The van der Waals surface area contributed by atoms with Gasteiger partial charge >= 0.3 is 0 Å². The molecule has 17 heavy (non-hydrogen) atoms. The first-order valence-electron chi connectivity index (χ1n) is 5.25. The molecule has 0 saturated heterocycles. The molecule has 0 fully saturated rings. The molecular weight excluding hydrogens is 255 g/mol. The maximum atomic E-state index is 6.02. The monoisotopic (exact) mass is 266 g/mol. The summed E-state index contributed by atoms with van der Waals surface area (Å²) in [6.07, 6.45) is 1.77. The Morgan fingerprint density at radius 2 is 1.94 bits per heavy atom. The highest BCUT2D eigenvalue weighted by molar-refractivity contribution is 6.42. The van der Waals surface area contributed by atoms with E-state index in [4.69, 9.17) is 23.2 Å². The van der Waals surface area contributed by atoms with Gasteiger partial charge in [-0.15, -0.1) is 0 Å². The summed E-state index contributed by atoms with van der Waals surface area (Å²) >= 11 is 11.9. The van der Waals surface area contributed by atoms with Gasteiger partial charge in [-0.3, -0.25) is 4.98 Å². The fourth-order valence-corrected chi connectivity index (χ4v) is 2.03. The first kappa shape index (κ1) is 12.4. The lowest BCUT2D eigenvalue weighted by atomic mass is 10.0. The van der Waals surface area contributed by atoms with Crippen molar-refractivity contribution in [1.29, 1.82) is 0 Å². The molecule has 1 aromatic carbocycles. The maximum Gasteiger partial charge on any atom is 0.0749 e. The van der Waals surface area contributed by atoms with Crippen molar-refractivity contribution in [2.45, 2.75) is 6.04 Å². The van der Waals surface area contributed by atoms with E-state index in [0.29, 0.717) is 10.0 Å². The molecule has 1 N–H and O–H groups in total. The highest BCUT2D eigenvalue weighted by atomic mass is 35.5. The second-order valence-electron chi connectivity index (χ2n) is 3.65. The van der Waals surface area contributed by atoms with Crippen LogP contribution in [-0.2, 0) is 0 Å². The van der Waals surface area contributed by atoms with Crippen molar-refractivity contribution < 1.29 is 0 Å². The molecule has 0 amide bonds. The van der Waals surface area contributed by atoms with Crippen LogP contribution in [0.5, 0.6) is 0 Å². The fourth-order valence-electron chi connectivity index (χ4n) is 1.72. The van der Waals surface area contributed by atoms with Crippen LogP contribution >= 0.6 is 23.2 Å². The number of nitrogens with zero attached hydrogens (tertiary/aromatic N) is 1. The number of benzene rings is 1. The molecule has 2 aromatic rings. The minimum atomic E-state index is 0.0194. The van der Waals surface area contributed by atoms with Gasteiger partial charge in [-0.1, -0.05) is 35.3 Å². The molecule has 0 radical (unpaired) electrons. The summed E-state index contributed by atoms with van der Waals surface area (Å²) in [6, 6.07) is 11.5. The van der Waals surface area contributed by atoms with E-state index < -0.39 is 0 Å². The largest absolute Gasteiger partial charge is 0.308 e. The van der Waals surface area contributed by atoms with Gasteiger partial charge in [-0.05, 0) is 36.9 Å². The Morgan fingerprint density at radius 1 is 1.12 bits per heavy atom. The summed E-state index contributed by atoms with van der Waals surface area (Å²) in [5.74, 6) is 0. The van der Waals surface area contributed by atoms with Crippen LogP contribution in [-0.4, -0.2) is 12.0 Å². The molecule has 0 aliphatic heterocycles. The molecule has 0 aliphatic carbocycles. The van der Waals surface area contributed by atoms with Gasteiger partial charge in [0.25, 0.3) is 0 Å². The zero-order chi connectivity index (χ0) is 12.3. The lowest BCUT2D eigenvalue weighted by Crippen LogP contribution is -2.18. The molecule has 1 heterocycles. The molecule has 1 aromatic heterocycles. The Labute approximate surface area is 111 Å². The molecule has 1 atom stereocenters. The Bertz CT molecular complexity index is 500. The minimum Gasteiger partial charge on any atom is -0.308 e. The van der Waals surface area contributed by atoms with Crippen molar-refractivity contribution in [3.63, 3.8) is 0 Å². The number of rotatable bonds is 3. The highest BCUT2D eigenvalue weighted by Gasteiger charge is 2.13. The Balaban J connectivity index is 2.39. The summed E-state index contributed by atoms with van der Waals surface area (Å²) in [7, 11) is 1.89. The second kappa shape index (κ2) is 5.50. The van der Waals surface area contributed by atoms with Gasteiger partial charge in [0.2, 0.25) is 0 Å². The molecule has 0 bridgehead atoms. The summed E-state index contributed by atoms with van der Waals surface area (Å²) in [5, 5.41) is 4.33. The van der Waals surface area contributed by atoms with E-state index in [1.807, 2.05) is 37.4 Å². The number of hydrogen-bond donors (Lipinski definition) is 1. The van der Waals surface area contributed by atoms with Crippen LogP contribution in [0.15, 0.2) is 42.6 Å². The van der Waals surface area contributed by atoms with Crippen molar-refractivity contribution in [3.8, 4) is 0 Å². The standard InChI is InChI=1S/C13H12Cl2N2/c1-16-13(12-4-2-3-7-17-12)9-5-6-10(14)11(15)8-9/h2-8,13,16H,1H3. The van der Waals surface area contributed by atoms with Crippen molar-refractivity contribution in [1.82, 2.24) is 10.3 Å². The van der Waals surface area contributed by atoms with Crippen molar-refractivity contribution >= 4 is 23.2 Å². The van der Waals surface area contributed by atoms with E-state index >= 15 is 0 Å². The van der Waals surface area contributed by atoms with Crippen LogP contribution in [0.25, 0.3) is 0 Å². The molecule has 0 saturated carbocycles. The van der Waals surface area contributed by atoms with Gasteiger partial charge in [0.15, 0.2) is 0 Å². The third-order valence-corrected chi connectivity index (χ3v) is 3.29. The van der Waals surface area contributed by atoms with Gasteiger partial charge in [-0.2, -0.15) is 0 Å². The van der Waals surface area contributed by atoms with E-state index in [-0.39, 0.29) is 6.04 Å². The molecule has 2 nitrogen and oxygen atoms in total. The quantitative estimate of drug-likeness (QED) is 0.917. The third-order valence-electron chi connectivity index (χ3n) is 2.55. The zero-order valence-electron chi connectivity index (χ0n) is 9.32. The predicted octanol–water partition coefficient (Wildman–Crippen LogP) is 3.70. The lowest BCUT2D eigenvalue weighted by molar-refractivity contribution is 0.671. The SMILES string of the molecule is CNC(c1ccc(Cl)c(Cl)c1)c1ccccn1. The summed E-state index contributed by atoms with van der Waals surface area (Å²) < 4.78 is 0. The molecule has 2 rings (SSSR count). The van der Waals surface area contributed by atoms with E-state index in [1.165, 1.54) is 0 Å². The average Bonchev–Trinajstić information content (AvgIpc) is 2.36. The van der Waals surface area contributed by atoms with Crippen LogP contribution in [0.2, 0.25) is 10.0 Å². The minimum absolute atomic E-state index is 0.0194. The van der Waals surface area contributed by atoms with Crippen LogP contribution in [0.3, 0.4) is 0 Å². The van der Waals surface area contributed by atoms with Crippen LogP contribution < -0.4 is 5.32 Å². The normalized spacial score (nSPS) is 12.4. The van der Waals surface area contributed by atoms with Crippen LogP contribution in [0.4, 0.5) is 0 Å². The van der Waals surface area contributed by atoms with E-state index in [1.54, 1.807) is 12.3 Å². The maximum absolute atomic E-state index is 6.02. The van der Waals surface area contributed by atoms with Gasteiger partial charge in [-0.25, -0.2) is 0 Å². The number of halogens is 2. The van der Waals surface area contributed by atoms with Gasteiger partial charge < -0.3 is 5.32 Å². The Kier molecular flexibility index (Phi) is 4.00. The molecular formula is C13H12Cl2N2. The number of hydrogen-bond acceptors (Lipinski definition) is 2. The van der Waals surface area contributed by atoms with Gasteiger partial charge in [0, 0.05) is 6.20 Å². The zero-order valence-corrected chi connectivity index (χ0v) is 10.8. The molecule has 0 aliphatic rings. The van der Waals surface area contributed by atoms with Crippen LogP contribution in [0.1, 0.15) is 17.3 Å². The van der Waals surface area contributed by atoms with E-state index in [0.717, 1.165) is 11.3 Å². The summed E-state index contributed by atoms with van der Waals surface area (Å²) in [5.41, 5.74) is 1.99. The molecule has 1 unspecified atom stereocenters. The summed E-state index contributed by atoms with van der Waals surface area (Å²) in [4.78, 5) is 4.34. The number of nitrogens with one attached hydrogen (secondary N) is 1. The average molecular weight is 267 g/mol. The Hall–Kier alpha value is -1.09. The first-order valence-corrected chi connectivity index (χ1v) is 6.01. The van der Waals surface area contributed by atoms with Gasteiger partial charge in [0.05, 0.1) is 21.8 Å². The lowest BCUT2D eigenvalue weighted by Gasteiger charge is -2.16. The van der Waals surface area contributed by atoms with Crippen molar-refractivity contribution in [2.75, 3.05) is 7.05 Å². The molecule has 4 heteroatoms. The van der Waals surface area contributed by atoms with E-state index in [9.17, 15) is 0 Å². The van der Waals surface area contributed by atoms with E-state index in [2.05, 4.69) is 10.3 Å². The Morgan fingerprint density at radius 3 is 2.53 bits per heavy atom. The number of pyridine rings is 1. The third kappa shape index (κ3) is 2.78. The number of aromatic nitrogens is 1. The summed E-state index contributed by atoms with van der Waals surface area (Å²) in [6.45, 7) is 0. The second-order valence-corrected chi connectivity index (χ2v) is 4.46. The molecule has 0 spiro atoms. The smallest absolute Gasteiger partial charge is 0.0749 e. The predicted molar refractivity (Wildman–Crippen MR) is 71.6 cm³/mol. The van der Waals surface area contributed by atoms with Crippen molar-refractivity contribution in [3.05, 3.63) is 63.9 Å². The highest BCUT2D eigenvalue weighted by Crippen LogP contribution is 2.27. The fraction of sp³-hybridized carbons (Fsp3) is 0.154. The first-order chi connectivity index (χ1) is 8.22. The molecule has 88 valence electrons.